The van der Waals surface area contributed by atoms with Crippen LogP contribution in [-0.4, -0.2) is 47.4 Å². The second-order valence-corrected chi connectivity index (χ2v) is 5.20. The lowest BCUT2D eigenvalue weighted by atomic mass is 10.2. The highest BCUT2D eigenvalue weighted by Gasteiger charge is 2.28. The summed E-state index contributed by atoms with van der Waals surface area (Å²) < 4.78 is 0. The summed E-state index contributed by atoms with van der Waals surface area (Å²) in [5.74, 6) is -1.38. The highest BCUT2D eigenvalue weighted by Crippen LogP contribution is 2.17. The van der Waals surface area contributed by atoms with Gasteiger partial charge in [0.05, 0.1) is 10.9 Å². The Balaban J connectivity index is 1.99. The highest BCUT2D eigenvalue weighted by atomic mass is 32.1. The number of likely N-dealkylation sites (tertiary alicyclic amines) is 1. The van der Waals surface area contributed by atoms with Crippen LogP contribution in [0.4, 0.5) is 0 Å². The molecule has 0 aromatic carbocycles. The van der Waals surface area contributed by atoms with Gasteiger partial charge in [0.25, 0.3) is 5.91 Å². The molecule has 1 aliphatic rings. The molecular formula is C11H12N2O4S. The number of carbonyl (C=O) groups excluding carboxylic acids is 2. The molecule has 2 heterocycles. The Morgan fingerprint density at radius 2 is 2.11 bits per heavy atom. The van der Waals surface area contributed by atoms with Crippen molar-refractivity contribution in [3.8, 4) is 0 Å². The quantitative estimate of drug-likeness (QED) is 0.831. The van der Waals surface area contributed by atoms with Crippen molar-refractivity contribution in [2.24, 2.45) is 0 Å². The van der Waals surface area contributed by atoms with E-state index in [-0.39, 0.29) is 22.7 Å². The molecule has 0 unspecified atom stereocenters. The summed E-state index contributed by atoms with van der Waals surface area (Å²) in [7, 11) is 1.68. The summed E-state index contributed by atoms with van der Waals surface area (Å²) in [4.78, 5) is 35.8. The largest absolute Gasteiger partial charge is 0.477 e. The smallest absolute Gasteiger partial charge is 0.345 e. The number of nitrogens with one attached hydrogen (secondary N) is 1. The first-order valence-corrected chi connectivity index (χ1v) is 6.17. The molecule has 0 radical (unpaired) electrons. The van der Waals surface area contributed by atoms with Crippen molar-refractivity contribution in [2.45, 2.75) is 12.5 Å². The summed E-state index contributed by atoms with van der Waals surface area (Å²) >= 11 is 0.924. The number of hydrogen-bond acceptors (Lipinski definition) is 4. The van der Waals surface area contributed by atoms with Crippen LogP contribution in [-0.2, 0) is 4.79 Å². The average molecular weight is 268 g/mol. The van der Waals surface area contributed by atoms with Crippen LogP contribution >= 0.6 is 11.3 Å². The van der Waals surface area contributed by atoms with Gasteiger partial charge in [-0.15, -0.1) is 11.3 Å². The predicted molar refractivity (Wildman–Crippen MR) is 64.8 cm³/mol. The van der Waals surface area contributed by atoms with Gasteiger partial charge in [0.2, 0.25) is 5.91 Å². The number of nitrogens with zero attached hydrogens (tertiary/aromatic N) is 1. The monoisotopic (exact) mass is 268 g/mol. The van der Waals surface area contributed by atoms with Crippen molar-refractivity contribution in [1.82, 2.24) is 10.2 Å². The lowest BCUT2D eigenvalue weighted by molar-refractivity contribution is -0.126. The summed E-state index contributed by atoms with van der Waals surface area (Å²) in [6.07, 6.45) is 0.291. The first-order valence-electron chi connectivity index (χ1n) is 5.35. The number of amides is 2. The molecule has 1 fully saturated rings. The maximum atomic E-state index is 11.8. The molecule has 1 aromatic heterocycles. The molecule has 1 aromatic rings. The SMILES string of the molecule is CN1C[C@@H](NC(=O)c2ccc(C(=O)O)s2)CC1=O. The van der Waals surface area contributed by atoms with Crippen molar-refractivity contribution in [2.75, 3.05) is 13.6 Å². The Kier molecular flexibility index (Phi) is 3.33. The molecule has 2 N–H and O–H groups in total. The van der Waals surface area contributed by atoms with Crippen molar-refractivity contribution < 1.29 is 19.5 Å². The Morgan fingerprint density at radius 3 is 2.61 bits per heavy atom. The van der Waals surface area contributed by atoms with Gasteiger partial charge >= 0.3 is 5.97 Å². The molecule has 18 heavy (non-hydrogen) atoms. The van der Waals surface area contributed by atoms with Crippen molar-refractivity contribution in [3.05, 3.63) is 21.9 Å². The molecular weight excluding hydrogens is 256 g/mol. The van der Waals surface area contributed by atoms with Crippen LogP contribution in [0, 0.1) is 0 Å². The molecule has 6 nitrogen and oxygen atoms in total. The number of carboxylic acid groups (broad SMARTS) is 1. The molecule has 2 amide bonds. The van der Waals surface area contributed by atoms with E-state index in [2.05, 4.69) is 5.32 Å². The molecule has 96 valence electrons. The van der Waals surface area contributed by atoms with E-state index in [0.29, 0.717) is 17.8 Å². The van der Waals surface area contributed by atoms with Crippen LogP contribution in [0.3, 0.4) is 0 Å². The number of thiophene rings is 1. The summed E-state index contributed by atoms with van der Waals surface area (Å²) in [5.41, 5.74) is 0. The van der Waals surface area contributed by atoms with E-state index in [4.69, 9.17) is 5.11 Å². The fraction of sp³-hybridized carbons (Fsp3) is 0.364. The normalized spacial score (nSPS) is 19.1. The first kappa shape index (κ1) is 12.6. The van der Waals surface area contributed by atoms with Crippen molar-refractivity contribution >= 4 is 29.1 Å². The highest BCUT2D eigenvalue weighted by molar-refractivity contribution is 7.15. The number of hydrogen-bond donors (Lipinski definition) is 2. The minimum atomic E-state index is -1.05. The molecule has 0 saturated carbocycles. The predicted octanol–water partition coefficient (Wildman–Crippen LogP) is 0.407. The number of aromatic carboxylic acids is 1. The lowest BCUT2D eigenvalue weighted by Crippen LogP contribution is -2.36. The zero-order chi connectivity index (χ0) is 13.3. The van der Waals surface area contributed by atoms with E-state index in [1.807, 2.05) is 0 Å². The second kappa shape index (κ2) is 4.77. The number of carbonyl (C=O) groups is 3. The third-order valence-electron chi connectivity index (χ3n) is 2.72. The number of carboxylic acids is 1. The Bertz CT molecular complexity index is 511. The van der Waals surface area contributed by atoms with Gasteiger partial charge in [-0.1, -0.05) is 0 Å². The number of likely N-dealkylation sites (N-methyl/N-ethyl adjacent to an activating group) is 1. The molecule has 1 atom stereocenters. The molecule has 0 aliphatic carbocycles. The Labute approximate surface area is 107 Å². The van der Waals surface area contributed by atoms with Gasteiger partial charge in [-0.3, -0.25) is 9.59 Å². The van der Waals surface area contributed by atoms with E-state index in [1.54, 1.807) is 11.9 Å². The Hall–Kier alpha value is -1.89. The lowest BCUT2D eigenvalue weighted by Gasteiger charge is -2.11. The van der Waals surface area contributed by atoms with E-state index in [9.17, 15) is 14.4 Å². The van der Waals surface area contributed by atoms with Gasteiger partial charge in [-0.25, -0.2) is 4.79 Å². The minimum absolute atomic E-state index is 0.00213. The minimum Gasteiger partial charge on any atom is -0.477 e. The van der Waals surface area contributed by atoms with E-state index >= 15 is 0 Å². The Morgan fingerprint density at radius 1 is 1.44 bits per heavy atom. The van der Waals surface area contributed by atoms with Crippen molar-refractivity contribution in [3.63, 3.8) is 0 Å². The fourth-order valence-corrected chi connectivity index (χ4v) is 2.54. The topological polar surface area (TPSA) is 86.7 Å². The van der Waals surface area contributed by atoms with Crippen LogP contribution in [0.5, 0.6) is 0 Å². The molecule has 0 spiro atoms. The van der Waals surface area contributed by atoms with Crippen LogP contribution in [0.25, 0.3) is 0 Å². The van der Waals surface area contributed by atoms with Gasteiger partial charge in [0.15, 0.2) is 0 Å². The van der Waals surface area contributed by atoms with Gasteiger partial charge in [0.1, 0.15) is 4.88 Å². The average Bonchev–Trinajstić information content (AvgIpc) is 2.87. The van der Waals surface area contributed by atoms with Crippen LogP contribution in [0.15, 0.2) is 12.1 Å². The maximum Gasteiger partial charge on any atom is 0.345 e. The first-order chi connectivity index (χ1) is 8.47. The van der Waals surface area contributed by atoms with Crippen LogP contribution in [0.1, 0.15) is 25.8 Å². The van der Waals surface area contributed by atoms with Gasteiger partial charge in [-0.2, -0.15) is 0 Å². The molecule has 1 aliphatic heterocycles. The van der Waals surface area contributed by atoms with E-state index in [1.165, 1.54) is 12.1 Å². The summed E-state index contributed by atoms with van der Waals surface area (Å²) in [6, 6.07) is 2.67. The fourth-order valence-electron chi connectivity index (χ4n) is 1.79. The summed E-state index contributed by atoms with van der Waals surface area (Å²) in [6.45, 7) is 0.488. The van der Waals surface area contributed by atoms with Crippen LogP contribution in [0.2, 0.25) is 0 Å². The molecule has 2 rings (SSSR count). The van der Waals surface area contributed by atoms with Crippen LogP contribution < -0.4 is 5.32 Å². The third-order valence-corrected chi connectivity index (χ3v) is 3.79. The maximum absolute atomic E-state index is 11.8. The van der Waals surface area contributed by atoms with Crippen molar-refractivity contribution in [1.29, 1.82) is 0 Å². The zero-order valence-electron chi connectivity index (χ0n) is 9.67. The zero-order valence-corrected chi connectivity index (χ0v) is 10.5. The molecule has 1 saturated heterocycles. The molecule has 7 heteroatoms. The van der Waals surface area contributed by atoms with Gasteiger partial charge < -0.3 is 15.3 Å². The second-order valence-electron chi connectivity index (χ2n) is 4.12. The van der Waals surface area contributed by atoms with Gasteiger partial charge in [-0.05, 0) is 12.1 Å². The molecule has 0 bridgehead atoms. The third kappa shape index (κ3) is 2.51. The van der Waals surface area contributed by atoms with E-state index in [0.717, 1.165) is 11.3 Å². The standard InChI is InChI=1S/C11H12N2O4S/c1-13-5-6(4-9(13)14)12-10(15)7-2-3-8(18-7)11(16)17/h2-3,6H,4-5H2,1H3,(H,12,15)(H,16,17)/t6-/m0/s1. The van der Waals surface area contributed by atoms with E-state index < -0.39 is 5.97 Å². The summed E-state index contributed by atoms with van der Waals surface area (Å²) in [5, 5.41) is 11.5. The van der Waals surface area contributed by atoms with Gasteiger partial charge in [0, 0.05) is 20.0 Å². The number of rotatable bonds is 3.